The van der Waals surface area contributed by atoms with E-state index in [2.05, 4.69) is 31.5 Å². The number of hydrogen-bond donors (Lipinski definition) is 3. The van der Waals surface area contributed by atoms with Gasteiger partial charge < -0.3 is 20.3 Å². The van der Waals surface area contributed by atoms with Gasteiger partial charge >= 0.3 is 5.97 Å². The lowest BCUT2D eigenvalue weighted by molar-refractivity contribution is -0.137. The summed E-state index contributed by atoms with van der Waals surface area (Å²) in [5, 5.41) is 15.4. The van der Waals surface area contributed by atoms with Gasteiger partial charge in [0.05, 0.1) is 17.0 Å². The first-order valence-electron chi connectivity index (χ1n) is 11.4. The number of nitrogens with one attached hydrogen (secondary N) is 2. The maximum atomic E-state index is 13.1. The molecular formula is C28H23BrN4O3. The smallest absolute Gasteiger partial charge is 0.303 e. The van der Waals surface area contributed by atoms with Crippen LogP contribution >= 0.6 is 15.9 Å². The second-order valence-corrected chi connectivity index (χ2v) is 9.46. The number of rotatable bonds is 7. The van der Waals surface area contributed by atoms with Crippen LogP contribution in [0.3, 0.4) is 0 Å². The first kappa shape index (κ1) is 23.6. The number of carbonyl (C=O) groups excluding carboxylic acids is 1. The minimum Gasteiger partial charge on any atom is -0.481 e. The quantitative estimate of drug-likeness (QED) is 0.256. The number of carboxylic acid groups (broad SMARTS) is 1. The van der Waals surface area contributed by atoms with Crippen LogP contribution in [0, 0.1) is 0 Å². The van der Waals surface area contributed by atoms with Crippen LogP contribution in [0.25, 0.3) is 22.7 Å². The third-order valence-electron chi connectivity index (χ3n) is 6.08. The van der Waals surface area contributed by atoms with Gasteiger partial charge in [0.15, 0.2) is 0 Å². The normalized spacial score (nSPS) is 13.8. The Labute approximate surface area is 216 Å². The van der Waals surface area contributed by atoms with Gasteiger partial charge in [0.25, 0.3) is 5.91 Å². The number of fused-ring (bicyclic) bond motifs is 1. The van der Waals surface area contributed by atoms with Crippen molar-refractivity contribution in [3.8, 4) is 11.4 Å². The molecule has 0 atom stereocenters. The third kappa shape index (κ3) is 4.81. The largest absolute Gasteiger partial charge is 0.481 e. The molecule has 36 heavy (non-hydrogen) atoms. The van der Waals surface area contributed by atoms with Gasteiger partial charge in [-0.2, -0.15) is 0 Å². The van der Waals surface area contributed by atoms with E-state index in [9.17, 15) is 9.59 Å². The number of anilines is 2. The van der Waals surface area contributed by atoms with E-state index in [0.29, 0.717) is 17.7 Å². The molecule has 0 radical (unpaired) electrons. The van der Waals surface area contributed by atoms with Gasteiger partial charge in [-0.25, -0.2) is 4.98 Å². The van der Waals surface area contributed by atoms with E-state index in [1.807, 2.05) is 84.5 Å². The van der Waals surface area contributed by atoms with Crippen molar-refractivity contribution in [2.24, 2.45) is 7.05 Å². The van der Waals surface area contributed by atoms with Crippen LogP contribution in [0.15, 0.2) is 83.6 Å². The second-order valence-electron chi connectivity index (χ2n) is 8.55. The van der Waals surface area contributed by atoms with E-state index in [-0.39, 0.29) is 12.3 Å². The van der Waals surface area contributed by atoms with Crippen molar-refractivity contribution in [1.29, 1.82) is 0 Å². The van der Waals surface area contributed by atoms with Gasteiger partial charge in [-0.15, -0.1) is 0 Å². The molecule has 0 saturated heterocycles. The Hall–Kier alpha value is -4.17. The van der Waals surface area contributed by atoms with Crippen LogP contribution in [-0.4, -0.2) is 26.5 Å². The topological polar surface area (TPSA) is 96.3 Å². The molecule has 7 nitrogen and oxygen atoms in total. The molecule has 0 fully saturated rings. The summed E-state index contributed by atoms with van der Waals surface area (Å²) in [6.45, 7) is 0. The number of amides is 1. The summed E-state index contributed by atoms with van der Waals surface area (Å²) in [5.74, 6) is -0.153. The molecule has 0 bridgehead atoms. The van der Waals surface area contributed by atoms with Gasteiger partial charge in [0.1, 0.15) is 5.82 Å². The number of aliphatic carboxylic acids is 1. The Balaban J connectivity index is 1.54. The molecule has 3 aromatic carbocycles. The van der Waals surface area contributed by atoms with Crippen LogP contribution in [0.2, 0.25) is 0 Å². The Morgan fingerprint density at radius 2 is 1.83 bits per heavy atom. The Morgan fingerprint density at radius 1 is 1.08 bits per heavy atom. The summed E-state index contributed by atoms with van der Waals surface area (Å²) in [6.07, 6.45) is 4.18. The van der Waals surface area contributed by atoms with Crippen molar-refractivity contribution in [1.82, 2.24) is 9.55 Å². The van der Waals surface area contributed by atoms with Gasteiger partial charge in [0, 0.05) is 47.1 Å². The Morgan fingerprint density at radius 3 is 2.50 bits per heavy atom. The molecule has 0 saturated carbocycles. The van der Waals surface area contributed by atoms with Gasteiger partial charge in [0.2, 0.25) is 0 Å². The first-order valence-corrected chi connectivity index (χ1v) is 12.2. The molecular weight excluding hydrogens is 520 g/mol. The number of aryl methyl sites for hydroxylation is 2. The number of carboxylic acids is 1. The summed E-state index contributed by atoms with van der Waals surface area (Å²) >= 11 is 3.47. The summed E-state index contributed by atoms with van der Waals surface area (Å²) in [6, 6.07) is 21.2. The lowest BCUT2D eigenvalue weighted by Gasteiger charge is -2.16. The van der Waals surface area contributed by atoms with Crippen molar-refractivity contribution < 1.29 is 14.7 Å². The third-order valence-corrected chi connectivity index (χ3v) is 6.57. The SMILES string of the molecule is Cn1ccnc1-c1ccc(N/C(=C2\C(=O)Nc3cc(Br)ccc32)c2ccc(CCC(=O)O)cc2)cc1. The average molecular weight is 543 g/mol. The van der Waals surface area contributed by atoms with Crippen molar-refractivity contribution in [3.05, 3.63) is 100 Å². The zero-order chi connectivity index (χ0) is 25.2. The molecule has 1 aromatic heterocycles. The first-order chi connectivity index (χ1) is 17.4. The number of halogens is 1. The maximum absolute atomic E-state index is 13.1. The zero-order valence-corrected chi connectivity index (χ0v) is 21.0. The van der Waals surface area contributed by atoms with Gasteiger partial charge in [-0.3, -0.25) is 9.59 Å². The van der Waals surface area contributed by atoms with E-state index in [1.54, 1.807) is 6.20 Å². The van der Waals surface area contributed by atoms with Crippen LogP contribution < -0.4 is 10.6 Å². The molecule has 3 N–H and O–H groups in total. The minimum atomic E-state index is -0.831. The molecule has 2 heterocycles. The van der Waals surface area contributed by atoms with Gasteiger partial charge in [-0.1, -0.05) is 46.3 Å². The van der Waals surface area contributed by atoms with Crippen LogP contribution in [-0.2, 0) is 23.1 Å². The average Bonchev–Trinajstić information content (AvgIpc) is 3.43. The lowest BCUT2D eigenvalue weighted by Crippen LogP contribution is -2.10. The highest BCUT2D eigenvalue weighted by molar-refractivity contribution is 9.10. The molecule has 1 aliphatic heterocycles. The van der Waals surface area contributed by atoms with Crippen LogP contribution in [0.1, 0.15) is 23.1 Å². The molecule has 8 heteroatoms. The fourth-order valence-electron chi connectivity index (χ4n) is 4.25. The molecule has 1 amide bonds. The molecule has 1 aliphatic rings. The Bertz CT molecular complexity index is 1490. The highest BCUT2D eigenvalue weighted by atomic mass is 79.9. The Kier molecular flexibility index (Phi) is 6.43. The van der Waals surface area contributed by atoms with E-state index < -0.39 is 5.97 Å². The fourth-order valence-corrected chi connectivity index (χ4v) is 4.61. The summed E-state index contributed by atoms with van der Waals surface area (Å²) in [5.41, 5.74) is 6.32. The summed E-state index contributed by atoms with van der Waals surface area (Å²) in [7, 11) is 1.95. The van der Waals surface area contributed by atoms with Crippen molar-refractivity contribution in [2.45, 2.75) is 12.8 Å². The van der Waals surface area contributed by atoms with E-state index in [0.717, 1.165) is 43.9 Å². The van der Waals surface area contributed by atoms with E-state index >= 15 is 0 Å². The summed E-state index contributed by atoms with van der Waals surface area (Å²) < 4.78 is 2.84. The highest BCUT2D eigenvalue weighted by Crippen LogP contribution is 2.39. The lowest BCUT2D eigenvalue weighted by atomic mass is 9.98. The number of imidazole rings is 1. The van der Waals surface area contributed by atoms with Crippen LogP contribution in [0.5, 0.6) is 0 Å². The number of benzene rings is 3. The fraction of sp³-hybridized carbons (Fsp3) is 0.107. The van der Waals surface area contributed by atoms with Crippen LogP contribution in [0.4, 0.5) is 11.4 Å². The van der Waals surface area contributed by atoms with E-state index in [4.69, 9.17) is 5.11 Å². The standard InChI is InChI=1S/C28H23BrN4O3/c1-33-15-14-30-27(33)19-7-10-21(11-8-19)31-26(18-5-2-17(3-6-18)4-13-24(34)35)25-22-12-9-20(29)16-23(22)32-28(25)36/h2-3,5-12,14-16,31H,4,13H2,1H3,(H,32,36)(H,34,35)/b26-25-. The minimum absolute atomic E-state index is 0.0680. The van der Waals surface area contributed by atoms with Crippen molar-refractivity contribution >= 4 is 50.5 Å². The number of nitrogens with zero attached hydrogens (tertiary/aromatic N) is 2. The predicted octanol–water partition coefficient (Wildman–Crippen LogP) is 5.80. The molecule has 180 valence electrons. The molecule has 5 rings (SSSR count). The maximum Gasteiger partial charge on any atom is 0.303 e. The molecule has 0 spiro atoms. The zero-order valence-electron chi connectivity index (χ0n) is 19.5. The molecule has 0 unspecified atom stereocenters. The van der Waals surface area contributed by atoms with Crippen molar-refractivity contribution in [2.75, 3.05) is 10.6 Å². The number of carbonyl (C=O) groups is 2. The summed E-state index contributed by atoms with van der Waals surface area (Å²) in [4.78, 5) is 28.5. The number of hydrogen-bond acceptors (Lipinski definition) is 4. The monoisotopic (exact) mass is 542 g/mol. The molecule has 0 aliphatic carbocycles. The molecule has 4 aromatic rings. The highest BCUT2D eigenvalue weighted by Gasteiger charge is 2.28. The number of aromatic nitrogens is 2. The van der Waals surface area contributed by atoms with Gasteiger partial charge in [-0.05, 0) is 53.9 Å². The van der Waals surface area contributed by atoms with E-state index in [1.165, 1.54) is 0 Å². The predicted molar refractivity (Wildman–Crippen MR) is 144 cm³/mol. The van der Waals surface area contributed by atoms with Crippen molar-refractivity contribution in [3.63, 3.8) is 0 Å². The second kappa shape index (κ2) is 9.83.